The van der Waals surface area contributed by atoms with Crippen molar-refractivity contribution in [3.63, 3.8) is 0 Å². The Morgan fingerprint density at radius 3 is 2.62 bits per heavy atom. The van der Waals surface area contributed by atoms with E-state index in [1.807, 2.05) is 4.90 Å². The predicted octanol–water partition coefficient (Wildman–Crippen LogP) is 0.276. The molecule has 3 unspecified atom stereocenters. The number of carbonyl (C=O) groups excluding carboxylic acids is 1. The van der Waals surface area contributed by atoms with E-state index in [-0.39, 0.29) is 12.0 Å². The summed E-state index contributed by atoms with van der Waals surface area (Å²) >= 11 is 0. The van der Waals surface area contributed by atoms with E-state index in [9.17, 15) is 4.79 Å². The van der Waals surface area contributed by atoms with E-state index < -0.39 is 0 Å². The Balaban J connectivity index is 1.95. The minimum absolute atomic E-state index is 0.0932. The van der Waals surface area contributed by atoms with Gasteiger partial charge in [-0.1, -0.05) is 6.42 Å². The van der Waals surface area contributed by atoms with Gasteiger partial charge in [-0.3, -0.25) is 4.79 Å². The van der Waals surface area contributed by atoms with Crippen LogP contribution in [0.2, 0.25) is 0 Å². The van der Waals surface area contributed by atoms with Gasteiger partial charge in [-0.25, -0.2) is 0 Å². The summed E-state index contributed by atoms with van der Waals surface area (Å²) in [5, 5.41) is 0. The summed E-state index contributed by atoms with van der Waals surface area (Å²) < 4.78 is 0. The van der Waals surface area contributed by atoms with Crippen molar-refractivity contribution in [2.45, 2.75) is 38.3 Å². The van der Waals surface area contributed by atoms with E-state index in [0.29, 0.717) is 11.9 Å². The zero-order valence-electron chi connectivity index (χ0n) is 10.4. The van der Waals surface area contributed by atoms with Crippen molar-refractivity contribution in [2.24, 2.45) is 11.7 Å². The molecule has 1 saturated heterocycles. The highest BCUT2D eigenvalue weighted by molar-refractivity contribution is 5.80. The fourth-order valence-electron chi connectivity index (χ4n) is 2.78. The Hall–Kier alpha value is -0.610. The molecule has 92 valence electrons. The summed E-state index contributed by atoms with van der Waals surface area (Å²) in [6.07, 6.45) is 3.11. The molecule has 3 atom stereocenters. The lowest BCUT2D eigenvalue weighted by molar-refractivity contribution is -0.138. The number of hydrogen-bond donors (Lipinski definition) is 1. The van der Waals surface area contributed by atoms with Gasteiger partial charge < -0.3 is 15.5 Å². The number of carbonyl (C=O) groups is 1. The first-order valence-corrected chi connectivity index (χ1v) is 6.34. The normalized spacial score (nSPS) is 36.7. The summed E-state index contributed by atoms with van der Waals surface area (Å²) in [4.78, 5) is 16.6. The molecule has 1 aliphatic carbocycles. The van der Waals surface area contributed by atoms with Gasteiger partial charge in [0, 0.05) is 31.7 Å². The molecule has 1 saturated carbocycles. The van der Waals surface area contributed by atoms with Crippen molar-refractivity contribution in [1.29, 1.82) is 0 Å². The van der Waals surface area contributed by atoms with E-state index >= 15 is 0 Å². The third-order valence-electron chi connectivity index (χ3n) is 4.16. The molecule has 0 spiro atoms. The summed E-state index contributed by atoms with van der Waals surface area (Å²) in [6, 6.07) is 0.567. The molecule has 1 amide bonds. The van der Waals surface area contributed by atoms with Crippen molar-refractivity contribution < 1.29 is 4.79 Å². The number of rotatable bonds is 1. The molecular formula is C12H23N3O. The number of nitrogens with two attached hydrogens (primary N) is 1. The van der Waals surface area contributed by atoms with Crippen LogP contribution in [0.3, 0.4) is 0 Å². The summed E-state index contributed by atoms with van der Waals surface area (Å²) in [6.45, 7) is 4.88. The van der Waals surface area contributed by atoms with E-state index in [1.165, 1.54) is 0 Å². The molecular weight excluding hydrogens is 202 g/mol. The monoisotopic (exact) mass is 225 g/mol. The topological polar surface area (TPSA) is 49.6 Å². The van der Waals surface area contributed by atoms with E-state index in [4.69, 9.17) is 5.73 Å². The molecule has 1 aliphatic heterocycles. The predicted molar refractivity (Wildman–Crippen MR) is 64.0 cm³/mol. The van der Waals surface area contributed by atoms with Crippen molar-refractivity contribution in [1.82, 2.24) is 9.80 Å². The maximum absolute atomic E-state index is 12.3. The first kappa shape index (κ1) is 11.9. The Labute approximate surface area is 97.8 Å². The number of nitrogens with zero attached hydrogens (tertiary/aromatic N) is 2. The van der Waals surface area contributed by atoms with Crippen LogP contribution < -0.4 is 5.73 Å². The van der Waals surface area contributed by atoms with E-state index in [2.05, 4.69) is 18.9 Å². The van der Waals surface area contributed by atoms with Crippen LogP contribution in [0.5, 0.6) is 0 Å². The van der Waals surface area contributed by atoms with Gasteiger partial charge >= 0.3 is 0 Å². The quantitative estimate of drug-likeness (QED) is 0.697. The van der Waals surface area contributed by atoms with Gasteiger partial charge in [0.15, 0.2) is 0 Å². The number of likely N-dealkylation sites (N-methyl/N-ethyl adjacent to an activating group) is 1. The molecule has 4 heteroatoms. The molecule has 4 nitrogen and oxygen atoms in total. The standard InChI is InChI=1S/C12H23N3O/c1-9-8-15(7-6-14(9)2)12(16)10-4-3-5-11(10)13/h9-11H,3-8,13H2,1-2H3. The number of piperazine rings is 1. The molecule has 2 aliphatic rings. The zero-order chi connectivity index (χ0) is 11.7. The smallest absolute Gasteiger partial charge is 0.227 e. The van der Waals surface area contributed by atoms with Crippen LogP contribution in [0.1, 0.15) is 26.2 Å². The van der Waals surface area contributed by atoms with Crippen molar-refractivity contribution in [3.05, 3.63) is 0 Å². The number of amides is 1. The summed E-state index contributed by atoms with van der Waals surface area (Å²) in [5.74, 6) is 0.389. The first-order valence-electron chi connectivity index (χ1n) is 6.34. The second-order valence-corrected chi connectivity index (χ2v) is 5.32. The molecule has 0 aromatic rings. The minimum Gasteiger partial charge on any atom is -0.340 e. The van der Waals surface area contributed by atoms with Crippen LogP contribution in [-0.2, 0) is 4.79 Å². The fraction of sp³-hybridized carbons (Fsp3) is 0.917. The first-order chi connectivity index (χ1) is 7.59. The van der Waals surface area contributed by atoms with Crippen LogP contribution in [-0.4, -0.2) is 54.5 Å². The van der Waals surface area contributed by atoms with Gasteiger partial charge in [0.25, 0.3) is 0 Å². The van der Waals surface area contributed by atoms with Crippen molar-refractivity contribution >= 4 is 5.91 Å². The highest BCUT2D eigenvalue weighted by Crippen LogP contribution is 2.26. The maximum Gasteiger partial charge on any atom is 0.227 e. The third-order valence-corrected chi connectivity index (χ3v) is 4.16. The van der Waals surface area contributed by atoms with Crippen LogP contribution in [0.15, 0.2) is 0 Å². The maximum atomic E-state index is 12.3. The number of hydrogen-bond acceptors (Lipinski definition) is 3. The Bertz CT molecular complexity index is 269. The van der Waals surface area contributed by atoms with Crippen LogP contribution in [0.4, 0.5) is 0 Å². The van der Waals surface area contributed by atoms with Crippen LogP contribution >= 0.6 is 0 Å². The lowest BCUT2D eigenvalue weighted by Crippen LogP contribution is -2.54. The van der Waals surface area contributed by atoms with Gasteiger partial charge in [-0.05, 0) is 26.8 Å². The molecule has 1 heterocycles. The summed E-state index contributed by atoms with van der Waals surface area (Å²) in [5.41, 5.74) is 5.99. The highest BCUT2D eigenvalue weighted by atomic mass is 16.2. The Morgan fingerprint density at radius 2 is 2.06 bits per heavy atom. The molecule has 0 aromatic heterocycles. The molecule has 0 bridgehead atoms. The fourth-order valence-corrected chi connectivity index (χ4v) is 2.78. The Morgan fingerprint density at radius 1 is 1.31 bits per heavy atom. The molecule has 0 radical (unpaired) electrons. The average molecular weight is 225 g/mol. The molecule has 2 rings (SSSR count). The molecule has 16 heavy (non-hydrogen) atoms. The SMILES string of the molecule is CC1CN(C(=O)C2CCCC2N)CCN1C. The largest absolute Gasteiger partial charge is 0.340 e. The second-order valence-electron chi connectivity index (χ2n) is 5.32. The second kappa shape index (κ2) is 4.72. The van der Waals surface area contributed by atoms with Crippen molar-refractivity contribution in [3.8, 4) is 0 Å². The lowest BCUT2D eigenvalue weighted by atomic mass is 10.0. The van der Waals surface area contributed by atoms with Gasteiger partial charge in [0.2, 0.25) is 5.91 Å². The van der Waals surface area contributed by atoms with Gasteiger partial charge in [0.1, 0.15) is 0 Å². The van der Waals surface area contributed by atoms with Crippen LogP contribution in [0, 0.1) is 5.92 Å². The molecule has 2 N–H and O–H groups in total. The van der Waals surface area contributed by atoms with E-state index in [1.54, 1.807) is 0 Å². The van der Waals surface area contributed by atoms with E-state index in [0.717, 1.165) is 38.9 Å². The average Bonchev–Trinajstić information content (AvgIpc) is 2.67. The van der Waals surface area contributed by atoms with Crippen LogP contribution in [0.25, 0.3) is 0 Å². The van der Waals surface area contributed by atoms with Crippen molar-refractivity contribution in [2.75, 3.05) is 26.7 Å². The third kappa shape index (κ3) is 2.23. The van der Waals surface area contributed by atoms with Gasteiger partial charge in [0.05, 0.1) is 5.92 Å². The highest BCUT2D eigenvalue weighted by Gasteiger charge is 2.35. The Kier molecular flexibility index (Phi) is 3.50. The zero-order valence-corrected chi connectivity index (χ0v) is 10.4. The van der Waals surface area contributed by atoms with Gasteiger partial charge in [-0.15, -0.1) is 0 Å². The van der Waals surface area contributed by atoms with Gasteiger partial charge in [-0.2, -0.15) is 0 Å². The minimum atomic E-state index is 0.0932. The molecule has 2 fully saturated rings. The lowest BCUT2D eigenvalue weighted by Gasteiger charge is -2.39. The molecule has 0 aromatic carbocycles. The summed E-state index contributed by atoms with van der Waals surface area (Å²) in [7, 11) is 2.12.